The normalized spacial score (nSPS) is 16.3. The van der Waals surface area contributed by atoms with E-state index in [4.69, 9.17) is 12.2 Å². The minimum atomic E-state index is -0.481. The molecule has 2 aromatic carbocycles. The first kappa shape index (κ1) is 17.2. The molecule has 4 rings (SSSR count). The zero-order valence-electron chi connectivity index (χ0n) is 14.7. The van der Waals surface area contributed by atoms with Gasteiger partial charge in [-0.2, -0.15) is 0 Å². The summed E-state index contributed by atoms with van der Waals surface area (Å²) in [7, 11) is 0. The van der Waals surface area contributed by atoms with Crippen molar-refractivity contribution >= 4 is 51.8 Å². The predicted octanol–water partition coefficient (Wildman–Crippen LogP) is 3.49. The van der Waals surface area contributed by atoms with Crippen molar-refractivity contribution in [3.05, 3.63) is 71.9 Å². The maximum atomic E-state index is 13.1. The van der Waals surface area contributed by atoms with E-state index < -0.39 is 11.8 Å². The Morgan fingerprint density at radius 3 is 2.48 bits per heavy atom. The molecule has 6 heteroatoms. The fourth-order valence-electron chi connectivity index (χ4n) is 3.28. The van der Waals surface area contributed by atoms with Crippen molar-refractivity contribution in [1.82, 2.24) is 9.88 Å². The van der Waals surface area contributed by atoms with Crippen molar-refractivity contribution in [2.75, 3.05) is 4.90 Å². The Bertz CT molecular complexity index is 1100. The molecular formula is C21H17N3O2S. The van der Waals surface area contributed by atoms with E-state index in [1.54, 1.807) is 18.2 Å². The van der Waals surface area contributed by atoms with Gasteiger partial charge in [0.25, 0.3) is 11.8 Å². The fourth-order valence-corrected chi connectivity index (χ4v) is 3.56. The Morgan fingerprint density at radius 1 is 1.04 bits per heavy atom. The van der Waals surface area contributed by atoms with E-state index in [0.717, 1.165) is 23.0 Å². The Labute approximate surface area is 161 Å². The Kier molecular flexibility index (Phi) is 4.33. The Hall–Kier alpha value is -3.25. The second kappa shape index (κ2) is 6.81. The lowest BCUT2D eigenvalue weighted by atomic mass is 10.1. The molecule has 0 bridgehead atoms. The Balaban J connectivity index is 1.82. The quantitative estimate of drug-likeness (QED) is 0.433. The van der Waals surface area contributed by atoms with Crippen LogP contribution in [0.15, 0.2) is 66.4 Å². The van der Waals surface area contributed by atoms with Gasteiger partial charge in [0, 0.05) is 29.2 Å². The summed E-state index contributed by atoms with van der Waals surface area (Å²) >= 11 is 5.22. The monoisotopic (exact) mass is 375 g/mol. The molecule has 0 atom stereocenters. The van der Waals surface area contributed by atoms with Gasteiger partial charge in [-0.25, -0.2) is 0 Å². The average molecular weight is 375 g/mol. The van der Waals surface area contributed by atoms with Crippen LogP contribution in [-0.4, -0.2) is 21.5 Å². The highest BCUT2D eigenvalue weighted by Crippen LogP contribution is 2.26. The third-order valence-corrected chi connectivity index (χ3v) is 4.86. The average Bonchev–Trinajstić information content (AvgIpc) is 3.04. The van der Waals surface area contributed by atoms with Crippen LogP contribution >= 0.6 is 12.2 Å². The molecule has 0 spiro atoms. The number of rotatable bonds is 3. The first-order valence-electron chi connectivity index (χ1n) is 8.64. The molecule has 1 fully saturated rings. The van der Waals surface area contributed by atoms with Gasteiger partial charge in [-0.05, 0) is 43.4 Å². The smallest absolute Gasteiger partial charge is 0.270 e. The zero-order valence-corrected chi connectivity index (χ0v) is 15.5. The number of fused-ring (bicyclic) bond motifs is 1. The first-order valence-corrected chi connectivity index (χ1v) is 9.05. The van der Waals surface area contributed by atoms with Gasteiger partial charge >= 0.3 is 0 Å². The van der Waals surface area contributed by atoms with Crippen molar-refractivity contribution in [2.45, 2.75) is 13.5 Å². The topological polar surface area (TPSA) is 54.3 Å². The molecule has 0 aliphatic carbocycles. The standard InChI is InChI=1S/C21H17N3O2S/c1-2-23-13-14(16-10-6-7-11-18(16)23)12-17-19(25)22-21(27)24(20(17)26)15-8-4-3-5-9-15/h3-13H,2H2,1H3,(H,22,25,27)/b17-12+. The number of nitrogens with zero attached hydrogens (tertiary/aromatic N) is 2. The molecule has 134 valence electrons. The molecule has 0 unspecified atom stereocenters. The number of carbonyl (C=O) groups is 2. The number of para-hydroxylation sites is 2. The Morgan fingerprint density at radius 2 is 1.74 bits per heavy atom. The number of aryl methyl sites for hydroxylation is 1. The predicted molar refractivity (Wildman–Crippen MR) is 110 cm³/mol. The van der Waals surface area contributed by atoms with Crippen LogP contribution in [0.4, 0.5) is 5.69 Å². The van der Waals surface area contributed by atoms with E-state index in [1.165, 1.54) is 4.90 Å². The minimum Gasteiger partial charge on any atom is -0.347 e. The second-order valence-corrected chi connectivity index (χ2v) is 6.57. The van der Waals surface area contributed by atoms with Gasteiger partial charge in [0.05, 0.1) is 5.69 Å². The van der Waals surface area contributed by atoms with E-state index in [0.29, 0.717) is 5.69 Å². The number of hydrogen-bond donors (Lipinski definition) is 1. The second-order valence-electron chi connectivity index (χ2n) is 6.18. The maximum Gasteiger partial charge on any atom is 0.270 e. The summed E-state index contributed by atoms with van der Waals surface area (Å²) in [4.78, 5) is 26.9. The number of amides is 2. The summed E-state index contributed by atoms with van der Waals surface area (Å²) in [6, 6.07) is 17.0. The molecule has 2 heterocycles. The van der Waals surface area contributed by atoms with Gasteiger partial charge in [0.15, 0.2) is 5.11 Å². The summed E-state index contributed by atoms with van der Waals surface area (Å²) in [6.07, 6.45) is 3.60. The summed E-state index contributed by atoms with van der Waals surface area (Å²) in [6.45, 7) is 2.85. The lowest BCUT2D eigenvalue weighted by Crippen LogP contribution is -2.54. The molecule has 27 heavy (non-hydrogen) atoms. The number of hydrogen-bond acceptors (Lipinski definition) is 3. The van der Waals surface area contributed by atoms with Gasteiger partial charge in [-0.15, -0.1) is 0 Å². The molecule has 1 aliphatic heterocycles. The van der Waals surface area contributed by atoms with Crippen LogP contribution in [0.5, 0.6) is 0 Å². The molecule has 0 radical (unpaired) electrons. The summed E-state index contributed by atoms with van der Waals surface area (Å²) in [5.74, 6) is -0.909. The molecule has 2 amide bonds. The van der Waals surface area contributed by atoms with Crippen molar-refractivity contribution in [3.63, 3.8) is 0 Å². The van der Waals surface area contributed by atoms with E-state index in [-0.39, 0.29) is 10.7 Å². The van der Waals surface area contributed by atoms with E-state index >= 15 is 0 Å². The summed E-state index contributed by atoms with van der Waals surface area (Å²) in [5, 5.41) is 3.70. The largest absolute Gasteiger partial charge is 0.347 e. The molecule has 1 saturated heterocycles. The summed E-state index contributed by atoms with van der Waals surface area (Å²) < 4.78 is 2.09. The van der Waals surface area contributed by atoms with E-state index in [1.807, 2.05) is 48.7 Å². The van der Waals surface area contributed by atoms with E-state index in [2.05, 4.69) is 16.8 Å². The molecule has 1 aliphatic rings. The molecule has 5 nitrogen and oxygen atoms in total. The van der Waals surface area contributed by atoms with Crippen LogP contribution in [0.1, 0.15) is 12.5 Å². The van der Waals surface area contributed by atoms with Gasteiger partial charge in [-0.1, -0.05) is 36.4 Å². The summed E-state index contributed by atoms with van der Waals surface area (Å²) in [5.41, 5.74) is 2.57. The first-order chi connectivity index (χ1) is 13.1. The van der Waals surface area contributed by atoms with Crippen LogP contribution < -0.4 is 10.2 Å². The van der Waals surface area contributed by atoms with Gasteiger partial charge in [0.1, 0.15) is 5.57 Å². The lowest BCUT2D eigenvalue weighted by molar-refractivity contribution is -0.122. The van der Waals surface area contributed by atoms with Crippen LogP contribution in [-0.2, 0) is 16.1 Å². The van der Waals surface area contributed by atoms with Crippen LogP contribution in [0.3, 0.4) is 0 Å². The molecule has 0 saturated carbocycles. The number of thiocarbonyl (C=S) groups is 1. The van der Waals surface area contributed by atoms with Gasteiger partial charge < -0.3 is 4.57 Å². The third-order valence-electron chi connectivity index (χ3n) is 4.58. The fraction of sp³-hybridized carbons (Fsp3) is 0.0952. The number of carbonyl (C=O) groups excluding carboxylic acids is 2. The number of nitrogens with one attached hydrogen (secondary N) is 1. The number of anilines is 1. The highest BCUT2D eigenvalue weighted by atomic mass is 32.1. The molecule has 1 aromatic heterocycles. The van der Waals surface area contributed by atoms with Crippen molar-refractivity contribution in [3.8, 4) is 0 Å². The van der Waals surface area contributed by atoms with Crippen LogP contribution in [0.25, 0.3) is 17.0 Å². The highest BCUT2D eigenvalue weighted by Gasteiger charge is 2.34. The van der Waals surface area contributed by atoms with Gasteiger partial charge in [-0.3, -0.25) is 19.8 Å². The van der Waals surface area contributed by atoms with Crippen LogP contribution in [0.2, 0.25) is 0 Å². The molecule has 1 N–H and O–H groups in total. The van der Waals surface area contributed by atoms with E-state index in [9.17, 15) is 9.59 Å². The number of aromatic nitrogens is 1. The third kappa shape index (κ3) is 2.94. The lowest BCUT2D eigenvalue weighted by Gasteiger charge is -2.28. The SMILES string of the molecule is CCn1cc(/C=C2\C(=O)NC(=S)N(c3ccccc3)C2=O)c2ccccc21. The van der Waals surface area contributed by atoms with Crippen LogP contribution in [0, 0.1) is 0 Å². The zero-order chi connectivity index (χ0) is 19.0. The van der Waals surface area contributed by atoms with Crippen molar-refractivity contribution in [1.29, 1.82) is 0 Å². The van der Waals surface area contributed by atoms with Crippen molar-refractivity contribution in [2.24, 2.45) is 0 Å². The minimum absolute atomic E-state index is 0.0615. The number of benzene rings is 2. The molecular weight excluding hydrogens is 358 g/mol. The van der Waals surface area contributed by atoms with Crippen molar-refractivity contribution < 1.29 is 9.59 Å². The molecule has 3 aromatic rings. The van der Waals surface area contributed by atoms with Gasteiger partial charge in [0.2, 0.25) is 0 Å². The highest BCUT2D eigenvalue weighted by molar-refractivity contribution is 7.80. The maximum absolute atomic E-state index is 13.1.